The maximum absolute atomic E-state index is 13.2. The number of rotatable bonds is 4. The van der Waals surface area contributed by atoms with Crippen LogP contribution in [0.15, 0.2) is 48.5 Å². The average molecular weight is 385 g/mol. The van der Waals surface area contributed by atoms with E-state index in [1.807, 2.05) is 35.2 Å². The first kappa shape index (κ1) is 18.5. The van der Waals surface area contributed by atoms with Crippen molar-refractivity contribution in [3.05, 3.63) is 70.2 Å². The highest BCUT2D eigenvalue weighted by Crippen LogP contribution is 2.29. The summed E-state index contributed by atoms with van der Waals surface area (Å²) in [5.74, 6) is 0.188. The van der Waals surface area contributed by atoms with Crippen molar-refractivity contribution < 1.29 is 9.90 Å². The first-order valence-electron chi connectivity index (χ1n) is 9.65. The molecule has 0 bridgehead atoms. The number of hydrogen-bond acceptors (Lipinski definition) is 3. The van der Waals surface area contributed by atoms with Crippen molar-refractivity contribution in [1.82, 2.24) is 9.80 Å². The van der Waals surface area contributed by atoms with Crippen molar-refractivity contribution in [1.29, 1.82) is 0 Å². The summed E-state index contributed by atoms with van der Waals surface area (Å²) in [5.41, 5.74) is 3.18. The number of benzene rings is 2. The molecule has 5 heteroatoms. The summed E-state index contributed by atoms with van der Waals surface area (Å²) < 4.78 is 0. The van der Waals surface area contributed by atoms with Crippen molar-refractivity contribution >= 4 is 17.5 Å². The van der Waals surface area contributed by atoms with Gasteiger partial charge in [-0.1, -0.05) is 54.1 Å². The quantitative estimate of drug-likeness (QED) is 0.878. The van der Waals surface area contributed by atoms with Crippen LogP contribution in [0.5, 0.6) is 0 Å². The van der Waals surface area contributed by atoms with Gasteiger partial charge in [0.15, 0.2) is 0 Å². The molecule has 0 spiro atoms. The first-order valence-corrected chi connectivity index (χ1v) is 10.0. The Hall–Kier alpha value is -1.88. The number of carbonyl (C=O) groups is 1. The molecule has 0 radical (unpaired) electrons. The van der Waals surface area contributed by atoms with Crippen LogP contribution < -0.4 is 0 Å². The third kappa shape index (κ3) is 3.88. The summed E-state index contributed by atoms with van der Waals surface area (Å²) in [6.07, 6.45) is 2.13. The van der Waals surface area contributed by atoms with Gasteiger partial charge in [0.25, 0.3) is 0 Å². The molecule has 0 unspecified atom stereocenters. The molecule has 0 aliphatic carbocycles. The zero-order valence-electron chi connectivity index (χ0n) is 15.4. The SMILES string of the molecule is O=C([C@H]1Cc2ccccc2CN1C[C@H](O)c1ccccc1Cl)N1CCCC1. The van der Waals surface area contributed by atoms with Gasteiger partial charge in [0.2, 0.25) is 5.91 Å². The summed E-state index contributed by atoms with van der Waals surface area (Å²) in [5, 5.41) is 11.4. The summed E-state index contributed by atoms with van der Waals surface area (Å²) in [4.78, 5) is 17.3. The summed E-state index contributed by atoms with van der Waals surface area (Å²) >= 11 is 6.27. The summed E-state index contributed by atoms with van der Waals surface area (Å²) in [7, 11) is 0. The minimum atomic E-state index is -0.724. The van der Waals surface area contributed by atoms with Crippen LogP contribution in [0.1, 0.15) is 35.6 Å². The van der Waals surface area contributed by atoms with Gasteiger partial charge < -0.3 is 10.0 Å². The fraction of sp³-hybridized carbons (Fsp3) is 0.409. The van der Waals surface area contributed by atoms with Crippen LogP contribution in [0.3, 0.4) is 0 Å². The van der Waals surface area contributed by atoms with Crippen molar-refractivity contribution in [2.75, 3.05) is 19.6 Å². The van der Waals surface area contributed by atoms with Gasteiger partial charge in [0.05, 0.1) is 12.1 Å². The van der Waals surface area contributed by atoms with Gasteiger partial charge in [-0.2, -0.15) is 0 Å². The van der Waals surface area contributed by atoms with E-state index >= 15 is 0 Å². The minimum Gasteiger partial charge on any atom is -0.387 e. The standard InChI is InChI=1S/C22H25ClN2O2/c23-19-10-4-3-9-18(19)21(26)15-25-14-17-8-2-1-7-16(17)13-20(25)22(27)24-11-5-6-12-24/h1-4,7-10,20-21,26H,5-6,11-15H2/t20-,21+/m1/s1. The lowest BCUT2D eigenvalue weighted by Gasteiger charge is -2.38. The van der Waals surface area contributed by atoms with E-state index in [9.17, 15) is 9.90 Å². The Morgan fingerprint density at radius 3 is 2.48 bits per heavy atom. The lowest BCUT2D eigenvalue weighted by molar-refractivity contribution is -0.137. The van der Waals surface area contributed by atoms with Crippen LogP contribution in [0.25, 0.3) is 0 Å². The van der Waals surface area contributed by atoms with Crippen LogP contribution in [0.4, 0.5) is 0 Å². The van der Waals surface area contributed by atoms with Gasteiger partial charge >= 0.3 is 0 Å². The zero-order chi connectivity index (χ0) is 18.8. The number of β-amino-alcohol motifs (C(OH)–C–C–N with tert-alkyl or cyclic N) is 1. The molecule has 0 saturated carbocycles. The normalized spacial score (nSPS) is 21.1. The molecule has 2 aromatic rings. The lowest BCUT2D eigenvalue weighted by atomic mass is 9.92. The zero-order valence-corrected chi connectivity index (χ0v) is 16.1. The fourth-order valence-electron chi connectivity index (χ4n) is 4.23. The molecule has 142 valence electrons. The molecule has 4 rings (SSSR count). The number of halogens is 1. The number of likely N-dealkylation sites (tertiary alicyclic amines) is 1. The van der Waals surface area contributed by atoms with Gasteiger partial charge in [-0.05, 0) is 36.5 Å². The Morgan fingerprint density at radius 2 is 1.74 bits per heavy atom. The van der Waals surface area contributed by atoms with E-state index in [-0.39, 0.29) is 11.9 Å². The molecule has 2 aliphatic rings. The van der Waals surface area contributed by atoms with E-state index in [4.69, 9.17) is 11.6 Å². The lowest BCUT2D eigenvalue weighted by Crippen LogP contribution is -2.52. The number of aliphatic hydroxyl groups is 1. The number of carbonyl (C=O) groups excluding carboxylic acids is 1. The topological polar surface area (TPSA) is 43.8 Å². The molecule has 2 atom stereocenters. The van der Waals surface area contributed by atoms with Crippen LogP contribution >= 0.6 is 11.6 Å². The molecule has 2 aromatic carbocycles. The van der Waals surface area contributed by atoms with Crippen molar-refractivity contribution in [3.63, 3.8) is 0 Å². The number of aliphatic hydroxyl groups excluding tert-OH is 1. The molecule has 2 aliphatic heterocycles. The summed E-state index contributed by atoms with van der Waals surface area (Å²) in [6.45, 7) is 2.75. The number of nitrogens with zero attached hydrogens (tertiary/aromatic N) is 2. The van der Waals surface area contributed by atoms with E-state index < -0.39 is 6.10 Å². The second-order valence-corrected chi connectivity index (χ2v) is 7.89. The monoisotopic (exact) mass is 384 g/mol. The summed E-state index contributed by atoms with van der Waals surface area (Å²) in [6, 6.07) is 15.4. The Bertz CT molecular complexity index is 819. The Balaban J connectivity index is 1.59. The fourth-order valence-corrected chi connectivity index (χ4v) is 4.49. The van der Waals surface area contributed by atoms with E-state index in [1.165, 1.54) is 11.1 Å². The highest BCUT2D eigenvalue weighted by molar-refractivity contribution is 6.31. The van der Waals surface area contributed by atoms with Crippen molar-refractivity contribution in [3.8, 4) is 0 Å². The highest BCUT2D eigenvalue weighted by atomic mass is 35.5. The van der Waals surface area contributed by atoms with Gasteiger partial charge in [-0.3, -0.25) is 9.69 Å². The van der Waals surface area contributed by atoms with Crippen LogP contribution in [0.2, 0.25) is 5.02 Å². The van der Waals surface area contributed by atoms with Crippen LogP contribution in [0, 0.1) is 0 Å². The molecular weight excluding hydrogens is 360 g/mol. The third-order valence-electron chi connectivity index (χ3n) is 5.72. The van der Waals surface area contributed by atoms with Crippen molar-refractivity contribution in [2.45, 2.75) is 38.0 Å². The van der Waals surface area contributed by atoms with Gasteiger partial charge in [-0.25, -0.2) is 0 Å². The maximum Gasteiger partial charge on any atom is 0.240 e. The molecule has 1 N–H and O–H groups in total. The molecule has 0 aromatic heterocycles. The smallest absolute Gasteiger partial charge is 0.240 e. The minimum absolute atomic E-state index is 0.188. The van der Waals surface area contributed by atoms with E-state index in [2.05, 4.69) is 17.0 Å². The Kier molecular flexibility index (Phi) is 5.48. The second kappa shape index (κ2) is 8.01. The average Bonchev–Trinajstić information content (AvgIpc) is 3.22. The molecule has 1 amide bonds. The van der Waals surface area contributed by atoms with Crippen molar-refractivity contribution in [2.24, 2.45) is 0 Å². The maximum atomic E-state index is 13.2. The largest absolute Gasteiger partial charge is 0.387 e. The Labute approximate surface area is 165 Å². The molecular formula is C22H25ClN2O2. The van der Waals surface area contributed by atoms with Crippen LogP contribution in [-0.4, -0.2) is 46.5 Å². The van der Waals surface area contributed by atoms with E-state index in [0.717, 1.165) is 25.9 Å². The number of amides is 1. The predicted octanol–water partition coefficient (Wildman–Crippen LogP) is 3.42. The predicted molar refractivity (Wildman–Crippen MR) is 107 cm³/mol. The van der Waals surface area contributed by atoms with Gasteiger partial charge in [0.1, 0.15) is 0 Å². The molecule has 1 saturated heterocycles. The van der Waals surface area contributed by atoms with Crippen LogP contribution in [-0.2, 0) is 17.8 Å². The third-order valence-corrected chi connectivity index (χ3v) is 6.06. The van der Waals surface area contributed by atoms with Gasteiger partial charge in [-0.15, -0.1) is 0 Å². The Morgan fingerprint density at radius 1 is 1.07 bits per heavy atom. The molecule has 4 nitrogen and oxygen atoms in total. The first-order chi connectivity index (χ1) is 13.1. The second-order valence-electron chi connectivity index (χ2n) is 7.49. The molecule has 27 heavy (non-hydrogen) atoms. The molecule has 2 heterocycles. The highest BCUT2D eigenvalue weighted by Gasteiger charge is 2.36. The number of hydrogen-bond donors (Lipinski definition) is 1. The number of fused-ring (bicyclic) bond motifs is 1. The van der Waals surface area contributed by atoms with E-state index in [0.29, 0.717) is 30.1 Å². The van der Waals surface area contributed by atoms with Gasteiger partial charge in [0, 0.05) is 36.8 Å². The van der Waals surface area contributed by atoms with E-state index in [1.54, 1.807) is 6.07 Å². The molecule has 1 fully saturated rings.